The topological polar surface area (TPSA) is 21.3 Å². The average Bonchev–Trinajstić information content (AvgIpc) is 2.47. The Bertz CT molecular complexity index is 400. The first kappa shape index (κ1) is 17.7. The molecule has 2 unspecified atom stereocenters. The van der Waals surface area contributed by atoms with Crippen LogP contribution in [0.2, 0.25) is 5.02 Å². The largest absolute Gasteiger partial charge is 0.496 e. The molecule has 0 heterocycles. The van der Waals surface area contributed by atoms with Crippen molar-refractivity contribution in [2.24, 2.45) is 0 Å². The standard InChI is InChI=1S/C16H26ClNOS/c1-5-9-18-15(11-20-12(3)6-2)14-10-13(17)7-8-16(14)19-4/h7-8,10,12,15,18H,5-6,9,11H2,1-4H3. The molecule has 4 heteroatoms. The summed E-state index contributed by atoms with van der Waals surface area (Å²) in [4.78, 5) is 0. The Morgan fingerprint density at radius 1 is 1.35 bits per heavy atom. The van der Waals surface area contributed by atoms with Crippen LogP contribution < -0.4 is 10.1 Å². The summed E-state index contributed by atoms with van der Waals surface area (Å²) in [5, 5.41) is 5.04. The van der Waals surface area contributed by atoms with Crippen molar-refractivity contribution in [2.45, 2.75) is 44.9 Å². The highest BCUT2D eigenvalue weighted by Crippen LogP contribution is 2.31. The van der Waals surface area contributed by atoms with Crippen LogP contribution in [-0.2, 0) is 0 Å². The van der Waals surface area contributed by atoms with Gasteiger partial charge in [0.1, 0.15) is 5.75 Å². The van der Waals surface area contributed by atoms with E-state index in [1.165, 1.54) is 6.42 Å². The van der Waals surface area contributed by atoms with Gasteiger partial charge in [-0.2, -0.15) is 11.8 Å². The molecule has 20 heavy (non-hydrogen) atoms. The normalized spacial score (nSPS) is 14.1. The van der Waals surface area contributed by atoms with Crippen molar-refractivity contribution >= 4 is 23.4 Å². The minimum absolute atomic E-state index is 0.280. The zero-order valence-electron chi connectivity index (χ0n) is 12.9. The molecule has 0 saturated heterocycles. The van der Waals surface area contributed by atoms with Crippen LogP contribution in [0.3, 0.4) is 0 Å². The lowest BCUT2D eigenvalue weighted by atomic mass is 10.1. The maximum atomic E-state index is 6.15. The molecule has 0 aromatic heterocycles. The van der Waals surface area contributed by atoms with Gasteiger partial charge < -0.3 is 10.1 Å². The van der Waals surface area contributed by atoms with E-state index in [1.807, 2.05) is 30.0 Å². The average molecular weight is 316 g/mol. The van der Waals surface area contributed by atoms with E-state index in [0.717, 1.165) is 35.1 Å². The molecule has 0 bridgehead atoms. The van der Waals surface area contributed by atoms with E-state index >= 15 is 0 Å². The third-order valence-electron chi connectivity index (χ3n) is 3.33. The fraction of sp³-hybridized carbons (Fsp3) is 0.625. The zero-order chi connectivity index (χ0) is 15.0. The highest BCUT2D eigenvalue weighted by molar-refractivity contribution is 7.99. The van der Waals surface area contributed by atoms with Crippen molar-refractivity contribution in [1.82, 2.24) is 5.32 Å². The molecule has 0 aliphatic heterocycles. The Labute approximate surface area is 132 Å². The predicted octanol–water partition coefficient (Wildman–Crippen LogP) is 4.92. The van der Waals surface area contributed by atoms with Crippen molar-refractivity contribution in [3.63, 3.8) is 0 Å². The van der Waals surface area contributed by atoms with Crippen LogP contribution in [0.15, 0.2) is 18.2 Å². The molecule has 0 radical (unpaired) electrons. The summed E-state index contributed by atoms with van der Waals surface area (Å²) < 4.78 is 5.49. The van der Waals surface area contributed by atoms with Crippen LogP contribution in [0.5, 0.6) is 5.75 Å². The second-order valence-electron chi connectivity index (χ2n) is 4.95. The third kappa shape index (κ3) is 5.55. The van der Waals surface area contributed by atoms with E-state index < -0.39 is 0 Å². The second kappa shape index (κ2) is 9.54. The summed E-state index contributed by atoms with van der Waals surface area (Å²) in [6, 6.07) is 6.13. The number of rotatable bonds is 9. The molecule has 2 nitrogen and oxygen atoms in total. The quantitative estimate of drug-likeness (QED) is 0.698. The molecule has 1 aromatic carbocycles. The van der Waals surface area contributed by atoms with E-state index in [0.29, 0.717) is 5.25 Å². The van der Waals surface area contributed by atoms with Crippen molar-refractivity contribution in [3.8, 4) is 5.75 Å². The predicted molar refractivity (Wildman–Crippen MR) is 91.2 cm³/mol. The molecule has 0 fully saturated rings. The molecule has 1 N–H and O–H groups in total. The smallest absolute Gasteiger partial charge is 0.123 e. The van der Waals surface area contributed by atoms with Crippen molar-refractivity contribution in [1.29, 1.82) is 0 Å². The highest BCUT2D eigenvalue weighted by Gasteiger charge is 2.17. The molecule has 0 aliphatic rings. The van der Waals surface area contributed by atoms with Crippen LogP contribution in [0, 0.1) is 0 Å². The molecular formula is C16H26ClNOS. The van der Waals surface area contributed by atoms with Crippen molar-refractivity contribution < 1.29 is 4.74 Å². The van der Waals surface area contributed by atoms with E-state index in [9.17, 15) is 0 Å². The van der Waals surface area contributed by atoms with Gasteiger partial charge in [-0.1, -0.05) is 32.4 Å². The Balaban J connectivity index is 2.88. The number of ether oxygens (including phenoxy) is 1. The summed E-state index contributed by atoms with van der Waals surface area (Å²) >= 11 is 8.15. The Morgan fingerprint density at radius 3 is 2.70 bits per heavy atom. The van der Waals surface area contributed by atoms with Gasteiger partial charge in [0, 0.05) is 27.6 Å². The Kier molecular flexibility index (Phi) is 8.43. The molecule has 0 saturated carbocycles. The first-order valence-electron chi connectivity index (χ1n) is 7.30. The maximum Gasteiger partial charge on any atom is 0.123 e. The molecule has 114 valence electrons. The molecule has 2 atom stereocenters. The maximum absolute atomic E-state index is 6.15. The summed E-state index contributed by atoms with van der Waals surface area (Å²) in [5.41, 5.74) is 1.16. The van der Waals surface area contributed by atoms with E-state index in [-0.39, 0.29) is 6.04 Å². The summed E-state index contributed by atoms with van der Waals surface area (Å²) in [6.45, 7) is 7.69. The number of methoxy groups -OCH3 is 1. The number of thioether (sulfide) groups is 1. The Hall–Kier alpha value is -0.380. The van der Waals surface area contributed by atoms with Gasteiger partial charge in [0.25, 0.3) is 0 Å². The Morgan fingerprint density at radius 2 is 2.10 bits per heavy atom. The monoisotopic (exact) mass is 315 g/mol. The number of halogens is 1. The number of hydrogen-bond acceptors (Lipinski definition) is 3. The van der Waals surface area contributed by atoms with Gasteiger partial charge in [-0.05, 0) is 37.6 Å². The van der Waals surface area contributed by atoms with Gasteiger partial charge in [0.2, 0.25) is 0 Å². The van der Waals surface area contributed by atoms with Crippen LogP contribution in [-0.4, -0.2) is 24.7 Å². The summed E-state index contributed by atoms with van der Waals surface area (Å²) in [5.74, 6) is 1.94. The lowest BCUT2D eigenvalue weighted by molar-refractivity contribution is 0.402. The number of benzene rings is 1. The second-order valence-corrected chi connectivity index (χ2v) is 6.85. The van der Waals surface area contributed by atoms with E-state index in [1.54, 1.807) is 7.11 Å². The molecule has 0 spiro atoms. The number of hydrogen-bond donors (Lipinski definition) is 1. The zero-order valence-corrected chi connectivity index (χ0v) is 14.5. The lowest BCUT2D eigenvalue weighted by Crippen LogP contribution is -2.25. The molecule has 0 aliphatic carbocycles. The minimum atomic E-state index is 0.280. The van der Waals surface area contributed by atoms with Gasteiger partial charge >= 0.3 is 0 Å². The van der Waals surface area contributed by atoms with Crippen molar-refractivity contribution in [2.75, 3.05) is 19.4 Å². The first-order valence-corrected chi connectivity index (χ1v) is 8.73. The van der Waals surface area contributed by atoms with Crippen molar-refractivity contribution in [3.05, 3.63) is 28.8 Å². The first-order chi connectivity index (χ1) is 9.62. The van der Waals surface area contributed by atoms with Gasteiger partial charge in [0.05, 0.1) is 7.11 Å². The van der Waals surface area contributed by atoms with Crippen LogP contribution in [0.1, 0.15) is 45.2 Å². The van der Waals surface area contributed by atoms with E-state index in [4.69, 9.17) is 16.3 Å². The fourth-order valence-electron chi connectivity index (χ4n) is 1.93. The molecule has 1 aromatic rings. The molecule has 1 rings (SSSR count). The van der Waals surface area contributed by atoms with Crippen LogP contribution in [0.25, 0.3) is 0 Å². The van der Waals surface area contributed by atoms with E-state index in [2.05, 4.69) is 26.1 Å². The van der Waals surface area contributed by atoms with Crippen LogP contribution in [0.4, 0.5) is 0 Å². The third-order valence-corrected chi connectivity index (χ3v) is 4.99. The highest BCUT2D eigenvalue weighted by atomic mass is 35.5. The van der Waals surface area contributed by atoms with Gasteiger partial charge in [-0.3, -0.25) is 0 Å². The van der Waals surface area contributed by atoms with Crippen LogP contribution >= 0.6 is 23.4 Å². The van der Waals surface area contributed by atoms with Gasteiger partial charge in [0.15, 0.2) is 0 Å². The summed E-state index contributed by atoms with van der Waals surface area (Å²) in [7, 11) is 1.71. The molecular weight excluding hydrogens is 290 g/mol. The fourth-order valence-corrected chi connectivity index (χ4v) is 3.17. The van der Waals surface area contributed by atoms with Gasteiger partial charge in [-0.15, -0.1) is 0 Å². The SMILES string of the molecule is CCCNC(CSC(C)CC)c1cc(Cl)ccc1OC. The summed E-state index contributed by atoms with van der Waals surface area (Å²) in [6.07, 6.45) is 2.31. The minimum Gasteiger partial charge on any atom is -0.496 e. The lowest BCUT2D eigenvalue weighted by Gasteiger charge is -2.22. The number of nitrogens with one attached hydrogen (secondary N) is 1. The molecule has 0 amide bonds. The van der Waals surface area contributed by atoms with Gasteiger partial charge in [-0.25, -0.2) is 0 Å².